The molecule has 1 amide bonds. The summed E-state index contributed by atoms with van der Waals surface area (Å²) < 4.78 is 29.1. The van der Waals surface area contributed by atoms with Gasteiger partial charge in [-0.1, -0.05) is 19.3 Å². The van der Waals surface area contributed by atoms with Gasteiger partial charge in [-0.2, -0.15) is 4.31 Å². The van der Waals surface area contributed by atoms with Gasteiger partial charge < -0.3 is 9.88 Å². The highest BCUT2D eigenvalue weighted by Crippen LogP contribution is 2.25. The van der Waals surface area contributed by atoms with Gasteiger partial charge >= 0.3 is 0 Å². The molecular weight excluding hydrogens is 374 g/mol. The number of hydrogen-bond acceptors (Lipinski definition) is 3. The number of sulfonamides is 1. The Labute approximate surface area is 166 Å². The van der Waals surface area contributed by atoms with Crippen molar-refractivity contribution in [2.45, 2.75) is 68.8 Å². The fraction of sp³-hybridized carbons (Fsp3) is 0.571. The summed E-state index contributed by atoms with van der Waals surface area (Å²) in [5.41, 5.74) is 0.964. The first-order chi connectivity index (χ1) is 13.5. The number of nitrogens with one attached hydrogen (secondary N) is 1. The molecule has 0 atom stereocenters. The number of nitrogens with zero attached hydrogens (tertiary/aromatic N) is 2. The Morgan fingerprint density at radius 1 is 1.04 bits per heavy atom. The third-order valence-electron chi connectivity index (χ3n) is 6.00. The molecule has 1 saturated heterocycles. The predicted octanol–water partition coefficient (Wildman–Crippen LogP) is 3.26. The first kappa shape index (κ1) is 19.5. The van der Waals surface area contributed by atoms with Crippen LogP contribution < -0.4 is 5.32 Å². The van der Waals surface area contributed by atoms with Crippen molar-refractivity contribution >= 4 is 26.8 Å². The van der Waals surface area contributed by atoms with Crippen molar-refractivity contribution < 1.29 is 13.2 Å². The van der Waals surface area contributed by atoms with E-state index in [0.717, 1.165) is 36.6 Å². The van der Waals surface area contributed by atoms with Crippen LogP contribution in [0.1, 0.15) is 51.4 Å². The standard InChI is InChI=1S/C21H29N3O3S/c25-21(22-18-6-2-1-3-7-18)11-15-23-14-10-17-16-19(8-9-20(17)23)28(26,27)24-12-4-5-13-24/h8-10,14,16,18H,1-7,11-13,15H2,(H,22,25). The number of hydrogen-bond donors (Lipinski definition) is 1. The number of aromatic nitrogens is 1. The van der Waals surface area contributed by atoms with Crippen LogP contribution in [0.2, 0.25) is 0 Å². The molecule has 0 spiro atoms. The highest BCUT2D eigenvalue weighted by atomic mass is 32.2. The van der Waals surface area contributed by atoms with Crippen LogP contribution in [0.25, 0.3) is 10.9 Å². The Balaban J connectivity index is 1.42. The van der Waals surface area contributed by atoms with Crippen LogP contribution in [0.4, 0.5) is 0 Å². The van der Waals surface area contributed by atoms with Crippen molar-refractivity contribution in [3.05, 3.63) is 30.5 Å². The number of aryl methyl sites for hydroxylation is 1. The van der Waals surface area contributed by atoms with Crippen molar-refractivity contribution in [1.29, 1.82) is 0 Å². The summed E-state index contributed by atoms with van der Waals surface area (Å²) in [5, 5.41) is 4.05. The molecule has 1 aromatic heterocycles. The van der Waals surface area contributed by atoms with Gasteiger partial charge in [0.05, 0.1) is 4.90 Å². The second kappa shape index (κ2) is 8.25. The molecule has 1 N–H and O–H groups in total. The van der Waals surface area contributed by atoms with E-state index in [4.69, 9.17) is 0 Å². The molecule has 1 aliphatic heterocycles. The molecule has 1 saturated carbocycles. The van der Waals surface area contributed by atoms with Crippen LogP contribution in [-0.4, -0.2) is 42.3 Å². The predicted molar refractivity (Wildman–Crippen MR) is 110 cm³/mol. The van der Waals surface area contributed by atoms with E-state index in [1.165, 1.54) is 19.3 Å². The minimum absolute atomic E-state index is 0.0991. The van der Waals surface area contributed by atoms with Crippen LogP contribution in [0.5, 0.6) is 0 Å². The zero-order valence-corrected chi connectivity index (χ0v) is 17.1. The molecule has 0 bridgehead atoms. The maximum absolute atomic E-state index is 12.8. The number of amides is 1. The van der Waals surface area contributed by atoms with Crippen molar-refractivity contribution in [3.63, 3.8) is 0 Å². The van der Waals surface area contributed by atoms with Crippen molar-refractivity contribution in [2.24, 2.45) is 0 Å². The Bertz CT molecular complexity index is 939. The molecule has 2 fully saturated rings. The second-order valence-corrected chi connectivity index (χ2v) is 9.93. The van der Waals surface area contributed by atoms with E-state index < -0.39 is 10.0 Å². The number of carbonyl (C=O) groups is 1. The molecule has 28 heavy (non-hydrogen) atoms. The molecule has 4 rings (SSSR count). The summed E-state index contributed by atoms with van der Waals surface area (Å²) in [7, 11) is -3.40. The molecule has 7 heteroatoms. The average Bonchev–Trinajstić information content (AvgIpc) is 3.37. The fourth-order valence-electron chi connectivity index (χ4n) is 4.38. The number of carbonyl (C=O) groups excluding carboxylic acids is 1. The Kier molecular flexibility index (Phi) is 5.73. The molecule has 2 heterocycles. The van der Waals surface area contributed by atoms with E-state index >= 15 is 0 Å². The average molecular weight is 404 g/mol. The third kappa shape index (κ3) is 4.10. The lowest BCUT2D eigenvalue weighted by molar-refractivity contribution is -0.122. The van der Waals surface area contributed by atoms with Crippen LogP contribution >= 0.6 is 0 Å². The van der Waals surface area contributed by atoms with Gasteiger partial charge in [0, 0.05) is 49.2 Å². The maximum atomic E-state index is 12.8. The topological polar surface area (TPSA) is 71.4 Å². The molecule has 1 aliphatic carbocycles. The highest BCUT2D eigenvalue weighted by Gasteiger charge is 2.27. The lowest BCUT2D eigenvalue weighted by Crippen LogP contribution is -2.36. The van der Waals surface area contributed by atoms with E-state index in [1.807, 2.05) is 22.9 Å². The van der Waals surface area contributed by atoms with E-state index in [0.29, 0.717) is 37.0 Å². The lowest BCUT2D eigenvalue weighted by Gasteiger charge is -2.22. The monoisotopic (exact) mass is 403 g/mol. The lowest BCUT2D eigenvalue weighted by atomic mass is 9.95. The first-order valence-electron chi connectivity index (χ1n) is 10.4. The van der Waals surface area contributed by atoms with Crippen LogP contribution in [-0.2, 0) is 21.4 Å². The van der Waals surface area contributed by atoms with Gasteiger partial charge in [-0.3, -0.25) is 4.79 Å². The van der Waals surface area contributed by atoms with Crippen molar-refractivity contribution in [1.82, 2.24) is 14.2 Å². The first-order valence-corrected chi connectivity index (χ1v) is 11.9. The Hall–Kier alpha value is -1.86. The summed E-state index contributed by atoms with van der Waals surface area (Å²) in [6.07, 6.45) is 10.1. The zero-order chi connectivity index (χ0) is 19.6. The zero-order valence-electron chi connectivity index (χ0n) is 16.3. The SMILES string of the molecule is O=C(CCn1ccc2cc(S(=O)(=O)N3CCCC3)ccc21)NC1CCCCC1. The van der Waals surface area contributed by atoms with Crippen LogP contribution in [0.15, 0.2) is 35.4 Å². The minimum Gasteiger partial charge on any atom is -0.353 e. The fourth-order valence-corrected chi connectivity index (χ4v) is 5.93. The smallest absolute Gasteiger partial charge is 0.243 e. The quantitative estimate of drug-likeness (QED) is 0.805. The van der Waals surface area contributed by atoms with Gasteiger partial charge in [0.25, 0.3) is 0 Å². The van der Waals surface area contributed by atoms with Crippen molar-refractivity contribution in [2.75, 3.05) is 13.1 Å². The molecule has 0 radical (unpaired) electrons. The third-order valence-corrected chi connectivity index (χ3v) is 7.89. The molecular formula is C21H29N3O3S. The van der Waals surface area contributed by atoms with Gasteiger partial charge in [-0.05, 0) is 49.9 Å². The minimum atomic E-state index is -3.40. The van der Waals surface area contributed by atoms with Gasteiger partial charge in [0.15, 0.2) is 0 Å². The summed E-state index contributed by atoms with van der Waals surface area (Å²) >= 11 is 0. The van der Waals surface area contributed by atoms with E-state index in [-0.39, 0.29) is 5.91 Å². The van der Waals surface area contributed by atoms with Gasteiger partial charge in [0.1, 0.15) is 0 Å². The maximum Gasteiger partial charge on any atom is 0.243 e. The summed E-state index contributed by atoms with van der Waals surface area (Å²) in [6.45, 7) is 1.81. The van der Waals surface area contributed by atoms with E-state index in [2.05, 4.69) is 5.32 Å². The molecule has 2 aromatic rings. The van der Waals surface area contributed by atoms with Gasteiger partial charge in [-0.15, -0.1) is 0 Å². The largest absolute Gasteiger partial charge is 0.353 e. The summed E-state index contributed by atoms with van der Waals surface area (Å²) in [5.74, 6) is 0.0991. The Morgan fingerprint density at radius 3 is 2.54 bits per heavy atom. The number of fused-ring (bicyclic) bond motifs is 1. The molecule has 0 unspecified atom stereocenters. The van der Waals surface area contributed by atoms with Crippen LogP contribution in [0.3, 0.4) is 0 Å². The Morgan fingerprint density at radius 2 is 1.79 bits per heavy atom. The van der Waals surface area contributed by atoms with Gasteiger partial charge in [-0.25, -0.2) is 8.42 Å². The molecule has 6 nitrogen and oxygen atoms in total. The van der Waals surface area contributed by atoms with E-state index in [9.17, 15) is 13.2 Å². The summed E-state index contributed by atoms with van der Waals surface area (Å²) in [6, 6.07) is 7.56. The number of benzene rings is 1. The molecule has 1 aromatic carbocycles. The van der Waals surface area contributed by atoms with E-state index in [1.54, 1.807) is 16.4 Å². The molecule has 152 valence electrons. The van der Waals surface area contributed by atoms with Crippen LogP contribution in [0, 0.1) is 0 Å². The number of rotatable bonds is 6. The highest BCUT2D eigenvalue weighted by molar-refractivity contribution is 7.89. The second-order valence-electron chi connectivity index (χ2n) is 7.99. The van der Waals surface area contributed by atoms with Gasteiger partial charge in [0.2, 0.25) is 15.9 Å². The molecule has 2 aliphatic rings. The van der Waals surface area contributed by atoms with Crippen molar-refractivity contribution in [3.8, 4) is 0 Å². The summed E-state index contributed by atoms with van der Waals surface area (Å²) in [4.78, 5) is 12.6. The normalized spacial score (nSPS) is 19.3.